The van der Waals surface area contributed by atoms with Gasteiger partial charge in [-0.3, -0.25) is 52.7 Å². The average molecular weight is 1280 g/mol. The number of carboxylic acids is 1. The summed E-state index contributed by atoms with van der Waals surface area (Å²) in [5.41, 5.74) is 0. The number of carbonyl (C=O) groups is 12. The van der Waals surface area contributed by atoms with Gasteiger partial charge in [-0.15, -0.1) is 0 Å². The number of aliphatic hydroxyl groups excluding tert-OH is 3. The summed E-state index contributed by atoms with van der Waals surface area (Å²) in [4.78, 5) is 168. The summed E-state index contributed by atoms with van der Waals surface area (Å²) < 4.78 is 5.82. The van der Waals surface area contributed by atoms with Gasteiger partial charge in [-0.25, -0.2) is 4.79 Å². The SMILES string of the molecule is CCCCCCCCCCC[C@H](O)CC(=O)N[C@@H](CC(C)C)C(=O)N[C@H](CCC(=O)O)C(=O)N[C@H]1C(=O)N[C@H](C(C)C)C(=O)N[C@@H](CC(C)C)C(=O)N[C@H](CO)C(=O)N[C@@H](CC(C)C)C(=O)N[C@@H](CC(C)C)C(=O)N[C@H](CO)C(=O)N[C@@H](C(C)C)C(=O)O[C@H]1C. The van der Waals surface area contributed by atoms with Crippen molar-refractivity contribution in [3.05, 3.63) is 0 Å². The van der Waals surface area contributed by atoms with E-state index >= 15 is 0 Å². The highest BCUT2D eigenvalue weighted by molar-refractivity contribution is 5.99. The zero-order valence-electron chi connectivity index (χ0n) is 55.9. The maximum atomic E-state index is 14.8. The van der Waals surface area contributed by atoms with Crippen molar-refractivity contribution >= 4 is 71.0 Å². The van der Waals surface area contributed by atoms with Crippen LogP contribution < -0.4 is 53.2 Å². The van der Waals surface area contributed by atoms with Crippen LogP contribution >= 0.6 is 0 Å². The molecule has 1 aliphatic rings. The molecule has 0 aromatic rings. The number of carboxylic acid groups (broad SMARTS) is 1. The highest BCUT2D eigenvalue weighted by Gasteiger charge is 2.41. The van der Waals surface area contributed by atoms with Gasteiger partial charge in [0, 0.05) is 6.42 Å². The molecule has 0 saturated carbocycles. The summed E-state index contributed by atoms with van der Waals surface area (Å²) >= 11 is 0. The second kappa shape index (κ2) is 42.6. The number of cyclic esters (lactones) is 1. The van der Waals surface area contributed by atoms with Crippen LogP contribution in [0.25, 0.3) is 0 Å². The first-order valence-electron chi connectivity index (χ1n) is 32.5. The molecule has 90 heavy (non-hydrogen) atoms. The van der Waals surface area contributed by atoms with Gasteiger partial charge < -0.3 is 78.3 Å². The highest BCUT2D eigenvalue weighted by atomic mass is 16.5. The molecule has 1 saturated heterocycles. The molecule has 12 atom stereocenters. The van der Waals surface area contributed by atoms with E-state index in [0.29, 0.717) is 12.8 Å². The number of carbonyl (C=O) groups excluding carboxylic acids is 11. The second-order valence-electron chi connectivity index (χ2n) is 26.4. The maximum absolute atomic E-state index is 14.8. The van der Waals surface area contributed by atoms with E-state index in [0.717, 1.165) is 32.1 Å². The molecule has 1 aliphatic heterocycles. The van der Waals surface area contributed by atoms with Gasteiger partial charge in [-0.1, -0.05) is 148 Å². The molecular formula is C63H112N10O17. The van der Waals surface area contributed by atoms with Crippen LogP contribution in [0.4, 0.5) is 0 Å². The van der Waals surface area contributed by atoms with Crippen molar-refractivity contribution in [1.82, 2.24) is 53.2 Å². The molecule has 10 amide bonds. The van der Waals surface area contributed by atoms with Gasteiger partial charge in [0.2, 0.25) is 59.1 Å². The molecule has 0 aromatic heterocycles. The van der Waals surface area contributed by atoms with E-state index in [4.69, 9.17) is 4.74 Å². The van der Waals surface area contributed by atoms with E-state index in [1.165, 1.54) is 53.9 Å². The van der Waals surface area contributed by atoms with E-state index < -0.39 is 182 Å². The predicted molar refractivity (Wildman–Crippen MR) is 336 cm³/mol. The molecule has 1 fully saturated rings. The predicted octanol–water partition coefficient (Wildman–Crippen LogP) is 1.80. The molecule has 1 rings (SSSR count). The highest BCUT2D eigenvalue weighted by Crippen LogP contribution is 2.17. The van der Waals surface area contributed by atoms with Crippen LogP contribution in [-0.2, 0) is 62.3 Å². The van der Waals surface area contributed by atoms with Gasteiger partial charge in [0.1, 0.15) is 66.5 Å². The third-order valence-electron chi connectivity index (χ3n) is 15.2. The zero-order valence-corrected chi connectivity index (χ0v) is 55.9. The summed E-state index contributed by atoms with van der Waals surface area (Å²) in [5, 5.41) is 66.8. The van der Waals surface area contributed by atoms with E-state index in [-0.39, 0.29) is 55.8 Å². The number of esters is 1. The van der Waals surface area contributed by atoms with Crippen LogP contribution in [0.2, 0.25) is 0 Å². The number of hydrogen-bond donors (Lipinski definition) is 14. The van der Waals surface area contributed by atoms with Crippen molar-refractivity contribution in [1.29, 1.82) is 0 Å². The number of rotatable bonds is 32. The average Bonchev–Trinajstić information content (AvgIpc) is 1.42. The third-order valence-corrected chi connectivity index (χ3v) is 15.2. The first-order chi connectivity index (χ1) is 42.1. The van der Waals surface area contributed by atoms with Gasteiger partial charge in [-0.2, -0.15) is 0 Å². The van der Waals surface area contributed by atoms with Crippen molar-refractivity contribution in [3.8, 4) is 0 Å². The quantitative estimate of drug-likeness (QED) is 0.0337. The Kier molecular flexibility index (Phi) is 38.6. The molecule has 0 aromatic carbocycles. The minimum Gasteiger partial charge on any atom is -0.481 e. The van der Waals surface area contributed by atoms with Gasteiger partial charge in [-0.05, 0) is 81.0 Å². The van der Waals surface area contributed by atoms with E-state index in [9.17, 15) is 78.0 Å². The smallest absolute Gasteiger partial charge is 0.329 e. The van der Waals surface area contributed by atoms with Crippen LogP contribution in [-0.4, -0.2) is 177 Å². The summed E-state index contributed by atoms with van der Waals surface area (Å²) in [6, 6.07) is -15.7. The first kappa shape index (κ1) is 81.5. The van der Waals surface area contributed by atoms with Gasteiger partial charge in [0.05, 0.1) is 25.7 Å². The van der Waals surface area contributed by atoms with Crippen molar-refractivity contribution in [3.63, 3.8) is 0 Å². The number of aliphatic hydroxyl groups is 3. The zero-order chi connectivity index (χ0) is 68.5. The Labute approximate surface area is 532 Å². The van der Waals surface area contributed by atoms with Crippen molar-refractivity contribution in [2.45, 2.75) is 279 Å². The summed E-state index contributed by atoms with van der Waals surface area (Å²) in [5.74, 6) is -14.8. The van der Waals surface area contributed by atoms with Gasteiger partial charge >= 0.3 is 11.9 Å². The number of hydrogen-bond acceptors (Lipinski definition) is 16. The number of nitrogens with one attached hydrogen (secondary N) is 10. The molecule has 0 unspecified atom stereocenters. The number of amides is 10. The number of aliphatic carboxylic acids is 1. The molecule has 1 heterocycles. The molecule has 0 bridgehead atoms. The maximum Gasteiger partial charge on any atom is 0.329 e. The fraction of sp³-hybridized carbons (Fsp3) is 0.810. The molecule has 0 aliphatic carbocycles. The Morgan fingerprint density at radius 1 is 0.489 bits per heavy atom. The van der Waals surface area contributed by atoms with E-state index in [2.05, 4.69) is 60.1 Å². The Morgan fingerprint density at radius 2 is 0.900 bits per heavy atom. The van der Waals surface area contributed by atoms with Gasteiger partial charge in [0.25, 0.3) is 0 Å². The lowest BCUT2D eigenvalue weighted by atomic mass is 9.98. The number of unbranched alkanes of at least 4 members (excludes halogenated alkanes) is 8. The lowest BCUT2D eigenvalue weighted by Crippen LogP contribution is -2.63. The van der Waals surface area contributed by atoms with E-state index in [1.54, 1.807) is 55.4 Å². The molecule has 27 heteroatoms. The molecule has 14 N–H and O–H groups in total. The fourth-order valence-electron chi connectivity index (χ4n) is 10.1. The minimum absolute atomic E-state index is 0.00535. The standard InChI is InChI=1S/C63H112N10O17/c1-15-16-17-18-19-20-21-22-23-24-41(76)31-49(77)64-43(27-34(2)3)55(81)65-42(25-26-50(78)79)54(80)73-53-40(14)90-63(89)52(39(12)13)72-60(86)48(33-75)70-57(83)45(29-36(6)7)66-56(82)44(28-35(4)5)67-59(85)47(32-74)69-58(84)46(30-37(8)9)68-61(87)51(38(10)11)71-62(53)88/h34-48,51-53,74-76H,15-33H2,1-14H3,(H,64,77)(H,65,81)(H,66,82)(H,67,85)(H,68,87)(H,69,84)(H,70,83)(H,71,88)(H,72,86)(H,73,80)(H,78,79)/t40-,41-,42+,43-,44-,45-,46-,47+,48+,51+,52-,53+/m0/s1. The van der Waals surface area contributed by atoms with Crippen LogP contribution in [0.5, 0.6) is 0 Å². The lowest BCUT2D eigenvalue weighted by Gasteiger charge is -2.32. The van der Waals surface area contributed by atoms with Crippen molar-refractivity contribution < 1.29 is 82.7 Å². The summed E-state index contributed by atoms with van der Waals surface area (Å²) in [6.45, 7) is 21.5. The van der Waals surface area contributed by atoms with Gasteiger partial charge in [0.15, 0.2) is 0 Å². The third kappa shape index (κ3) is 31.5. The number of ether oxygens (including phenoxy) is 1. The molecule has 0 radical (unpaired) electrons. The topological polar surface area (TPSA) is 415 Å². The minimum atomic E-state index is -1.99. The normalized spacial score (nSPS) is 23.5. The van der Waals surface area contributed by atoms with Crippen LogP contribution in [0.15, 0.2) is 0 Å². The second-order valence-corrected chi connectivity index (χ2v) is 26.4. The monoisotopic (exact) mass is 1280 g/mol. The van der Waals surface area contributed by atoms with Crippen molar-refractivity contribution in [2.24, 2.45) is 35.5 Å². The van der Waals surface area contributed by atoms with E-state index in [1.807, 2.05) is 0 Å². The molecule has 0 spiro atoms. The first-order valence-corrected chi connectivity index (χ1v) is 32.5. The Bertz CT molecular complexity index is 2320. The Morgan fingerprint density at radius 3 is 1.32 bits per heavy atom. The molecule has 27 nitrogen and oxygen atoms in total. The van der Waals surface area contributed by atoms with Crippen molar-refractivity contribution in [2.75, 3.05) is 13.2 Å². The fourth-order valence-corrected chi connectivity index (χ4v) is 10.1. The Balaban J connectivity index is 3.98. The molecular weight excluding hydrogens is 1170 g/mol. The Hall–Kier alpha value is -6.48. The van der Waals surface area contributed by atoms with Crippen LogP contribution in [0.3, 0.4) is 0 Å². The summed E-state index contributed by atoms with van der Waals surface area (Å²) in [7, 11) is 0. The van der Waals surface area contributed by atoms with Crippen LogP contribution in [0.1, 0.15) is 206 Å². The summed E-state index contributed by atoms with van der Waals surface area (Å²) in [6.07, 6.45) is 5.57. The van der Waals surface area contributed by atoms with Crippen LogP contribution in [0, 0.1) is 35.5 Å². The lowest BCUT2D eigenvalue weighted by molar-refractivity contribution is -0.157. The largest absolute Gasteiger partial charge is 0.481 e. The molecule has 516 valence electrons.